The van der Waals surface area contributed by atoms with Crippen molar-refractivity contribution in [1.29, 1.82) is 5.26 Å². The summed E-state index contributed by atoms with van der Waals surface area (Å²) in [6.45, 7) is 0.845. The lowest BCUT2D eigenvalue weighted by Gasteiger charge is -2.12. The molecule has 3 aromatic rings. The van der Waals surface area contributed by atoms with Crippen LogP contribution in [0.4, 0.5) is 5.69 Å². The van der Waals surface area contributed by atoms with Gasteiger partial charge >= 0.3 is 5.97 Å². The van der Waals surface area contributed by atoms with Crippen LogP contribution in [-0.4, -0.2) is 31.8 Å². The highest BCUT2D eigenvalue weighted by molar-refractivity contribution is 7.91. The van der Waals surface area contributed by atoms with E-state index in [2.05, 4.69) is 17.4 Å². The predicted octanol–water partition coefficient (Wildman–Crippen LogP) is 5.88. The van der Waals surface area contributed by atoms with Crippen LogP contribution in [0.5, 0.6) is 0 Å². The molecule has 6 nitrogen and oxygen atoms in total. The molecule has 0 aromatic heterocycles. The summed E-state index contributed by atoms with van der Waals surface area (Å²) in [6, 6.07) is 23.6. The molecule has 0 aliphatic heterocycles. The minimum absolute atomic E-state index is 0.0658. The van der Waals surface area contributed by atoms with Crippen molar-refractivity contribution in [3.63, 3.8) is 0 Å². The molecular formula is C29H32N2O4S. The Labute approximate surface area is 213 Å². The van der Waals surface area contributed by atoms with Crippen molar-refractivity contribution in [2.75, 3.05) is 17.6 Å². The number of benzene rings is 3. The monoisotopic (exact) mass is 504 g/mol. The van der Waals surface area contributed by atoms with E-state index in [9.17, 15) is 13.2 Å². The Kier molecular flexibility index (Phi) is 10.1. The van der Waals surface area contributed by atoms with Crippen LogP contribution < -0.4 is 5.32 Å². The SMILES string of the molecule is N#Cc1ccccc1S(=O)(=O)CCCCCCCNc1ccccc1CCc1ccc(C(=O)O)cc1. The number of nitrogens with one attached hydrogen (secondary N) is 1. The highest BCUT2D eigenvalue weighted by Gasteiger charge is 2.17. The lowest BCUT2D eigenvalue weighted by atomic mass is 10.0. The third-order valence-corrected chi connectivity index (χ3v) is 8.00. The van der Waals surface area contributed by atoms with Crippen molar-refractivity contribution in [2.45, 2.75) is 49.8 Å². The van der Waals surface area contributed by atoms with E-state index in [0.29, 0.717) is 12.0 Å². The Balaban J connectivity index is 1.36. The third-order valence-electron chi connectivity index (χ3n) is 6.15. The van der Waals surface area contributed by atoms with Gasteiger partial charge in [-0.05, 0) is 67.1 Å². The third kappa shape index (κ3) is 7.96. The fourth-order valence-electron chi connectivity index (χ4n) is 4.11. The Hall–Kier alpha value is -3.63. The molecule has 2 N–H and O–H groups in total. The summed E-state index contributed by atoms with van der Waals surface area (Å²) in [5, 5.41) is 21.7. The second-order valence-electron chi connectivity index (χ2n) is 8.78. The number of unbranched alkanes of at least 4 members (excludes halogenated alkanes) is 4. The predicted molar refractivity (Wildman–Crippen MR) is 142 cm³/mol. The Bertz CT molecular complexity index is 1300. The van der Waals surface area contributed by atoms with E-state index in [0.717, 1.165) is 56.3 Å². The number of carboxylic acids is 1. The molecule has 0 amide bonds. The molecule has 36 heavy (non-hydrogen) atoms. The summed E-state index contributed by atoms with van der Waals surface area (Å²) in [5.41, 5.74) is 3.95. The number of carboxylic acid groups (broad SMARTS) is 1. The van der Waals surface area contributed by atoms with E-state index in [-0.39, 0.29) is 16.2 Å². The van der Waals surface area contributed by atoms with Gasteiger partial charge in [0, 0.05) is 12.2 Å². The zero-order valence-electron chi connectivity index (χ0n) is 20.3. The van der Waals surface area contributed by atoms with Crippen LogP contribution in [0.25, 0.3) is 0 Å². The molecule has 0 saturated carbocycles. The van der Waals surface area contributed by atoms with Crippen molar-refractivity contribution in [2.24, 2.45) is 0 Å². The average Bonchev–Trinajstić information content (AvgIpc) is 2.89. The molecule has 3 rings (SSSR count). The second kappa shape index (κ2) is 13.5. The Morgan fingerprint density at radius 2 is 1.50 bits per heavy atom. The standard InChI is InChI=1S/C29H32N2O4S/c30-22-26-11-5-7-13-28(26)36(34,35)21-9-3-1-2-8-20-31-27-12-6-4-10-24(27)17-14-23-15-18-25(19-16-23)29(32)33/h4-7,10-13,15-16,18-19,31H,1-3,8-9,14,17,20-21H2,(H,32,33). The van der Waals surface area contributed by atoms with E-state index in [1.54, 1.807) is 24.3 Å². The smallest absolute Gasteiger partial charge is 0.335 e. The van der Waals surface area contributed by atoms with Crippen LogP contribution in [0.1, 0.15) is 59.2 Å². The molecule has 0 aliphatic rings. The number of sulfone groups is 1. The normalized spacial score (nSPS) is 11.1. The molecule has 3 aromatic carbocycles. The van der Waals surface area contributed by atoms with Crippen LogP contribution in [0.2, 0.25) is 0 Å². The number of para-hydroxylation sites is 1. The molecule has 0 spiro atoms. The zero-order valence-corrected chi connectivity index (χ0v) is 21.1. The highest BCUT2D eigenvalue weighted by Crippen LogP contribution is 2.20. The van der Waals surface area contributed by atoms with E-state index in [4.69, 9.17) is 10.4 Å². The lowest BCUT2D eigenvalue weighted by Crippen LogP contribution is -2.09. The number of hydrogen-bond donors (Lipinski definition) is 2. The molecule has 0 unspecified atom stereocenters. The molecule has 0 atom stereocenters. The average molecular weight is 505 g/mol. The fraction of sp³-hybridized carbons (Fsp3) is 0.310. The number of nitriles is 1. The number of hydrogen-bond acceptors (Lipinski definition) is 5. The van der Waals surface area contributed by atoms with Crippen molar-refractivity contribution < 1.29 is 18.3 Å². The van der Waals surface area contributed by atoms with E-state index in [1.807, 2.05) is 30.3 Å². The van der Waals surface area contributed by atoms with Crippen LogP contribution in [-0.2, 0) is 22.7 Å². The summed E-state index contributed by atoms with van der Waals surface area (Å²) >= 11 is 0. The van der Waals surface area contributed by atoms with E-state index >= 15 is 0 Å². The van der Waals surface area contributed by atoms with Gasteiger partial charge in [0.05, 0.1) is 21.8 Å². The molecule has 0 aliphatic carbocycles. The number of nitrogens with zero attached hydrogens (tertiary/aromatic N) is 1. The molecule has 188 valence electrons. The maximum atomic E-state index is 12.5. The van der Waals surface area contributed by atoms with Gasteiger partial charge in [0.25, 0.3) is 0 Å². The summed E-state index contributed by atoms with van der Waals surface area (Å²) in [6.07, 6.45) is 6.09. The molecule has 0 radical (unpaired) electrons. The van der Waals surface area contributed by atoms with Gasteiger partial charge in [-0.2, -0.15) is 5.26 Å². The fourth-order valence-corrected chi connectivity index (χ4v) is 5.65. The van der Waals surface area contributed by atoms with Crippen molar-refractivity contribution in [3.8, 4) is 6.07 Å². The number of anilines is 1. The van der Waals surface area contributed by atoms with Crippen LogP contribution >= 0.6 is 0 Å². The summed E-state index contributed by atoms with van der Waals surface area (Å²) in [7, 11) is -3.43. The van der Waals surface area contributed by atoms with E-state index < -0.39 is 15.8 Å². The highest BCUT2D eigenvalue weighted by atomic mass is 32.2. The Morgan fingerprint density at radius 3 is 2.25 bits per heavy atom. The summed E-state index contributed by atoms with van der Waals surface area (Å²) in [4.78, 5) is 11.1. The van der Waals surface area contributed by atoms with E-state index in [1.165, 1.54) is 17.7 Å². The first-order valence-corrected chi connectivity index (χ1v) is 13.9. The number of rotatable bonds is 14. The minimum atomic E-state index is -3.43. The largest absolute Gasteiger partial charge is 0.478 e. The van der Waals surface area contributed by atoms with Gasteiger partial charge in [-0.3, -0.25) is 0 Å². The van der Waals surface area contributed by atoms with Crippen LogP contribution in [0.15, 0.2) is 77.7 Å². The topological polar surface area (TPSA) is 107 Å². The second-order valence-corrected chi connectivity index (χ2v) is 10.9. The van der Waals surface area contributed by atoms with Gasteiger partial charge < -0.3 is 10.4 Å². The molecular weight excluding hydrogens is 472 g/mol. The maximum Gasteiger partial charge on any atom is 0.335 e. The van der Waals surface area contributed by atoms with Crippen LogP contribution in [0.3, 0.4) is 0 Å². The van der Waals surface area contributed by atoms with Gasteiger partial charge in [-0.25, -0.2) is 13.2 Å². The maximum absolute atomic E-state index is 12.5. The quantitative estimate of drug-likeness (QED) is 0.266. The molecule has 0 fully saturated rings. The minimum Gasteiger partial charge on any atom is -0.478 e. The zero-order chi connectivity index (χ0) is 25.8. The first-order valence-electron chi connectivity index (χ1n) is 12.3. The van der Waals surface area contributed by atoms with Crippen molar-refractivity contribution >= 4 is 21.5 Å². The summed E-state index contributed by atoms with van der Waals surface area (Å²) in [5.74, 6) is -0.849. The number of carbonyl (C=O) groups is 1. The first kappa shape index (κ1) is 27.0. The molecule has 0 bridgehead atoms. The van der Waals surface area contributed by atoms with Gasteiger partial charge in [-0.1, -0.05) is 61.7 Å². The van der Waals surface area contributed by atoms with Gasteiger partial charge in [0.2, 0.25) is 0 Å². The molecule has 0 saturated heterocycles. The van der Waals surface area contributed by atoms with Crippen LogP contribution in [0, 0.1) is 11.3 Å². The summed E-state index contributed by atoms with van der Waals surface area (Å²) < 4.78 is 25.1. The van der Waals surface area contributed by atoms with Crippen molar-refractivity contribution in [1.82, 2.24) is 0 Å². The number of aryl methyl sites for hydroxylation is 2. The Morgan fingerprint density at radius 1 is 0.833 bits per heavy atom. The number of aromatic carboxylic acids is 1. The lowest BCUT2D eigenvalue weighted by molar-refractivity contribution is 0.0697. The first-order chi connectivity index (χ1) is 17.4. The van der Waals surface area contributed by atoms with Crippen molar-refractivity contribution in [3.05, 3.63) is 95.1 Å². The molecule has 0 heterocycles. The van der Waals surface area contributed by atoms with Gasteiger partial charge in [0.15, 0.2) is 9.84 Å². The van der Waals surface area contributed by atoms with Gasteiger partial charge in [-0.15, -0.1) is 0 Å². The molecule has 7 heteroatoms. The van der Waals surface area contributed by atoms with Gasteiger partial charge in [0.1, 0.15) is 6.07 Å².